The molecule has 2 heterocycles. The first kappa shape index (κ1) is 13.0. The number of rotatable bonds is 3. The van der Waals surface area contributed by atoms with Crippen molar-refractivity contribution in [3.63, 3.8) is 0 Å². The highest BCUT2D eigenvalue weighted by molar-refractivity contribution is 6.29. The van der Waals surface area contributed by atoms with Crippen LogP contribution in [0.2, 0.25) is 5.15 Å². The third kappa shape index (κ3) is 2.77. The molecule has 5 nitrogen and oxygen atoms in total. The van der Waals surface area contributed by atoms with Crippen molar-refractivity contribution in [2.45, 2.75) is 6.10 Å². The number of benzene rings is 1. The van der Waals surface area contributed by atoms with Crippen LogP contribution in [-0.4, -0.2) is 36.3 Å². The van der Waals surface area contributed by atoms with Crippen molar-refractivity contribution >= 4 is 17.4 Å². The predicted molar refractivity (Wildman–Crippen MR) is 76.7 cm³/mol. The highest BCUT2D eigenvalue weighted by Crippen LogP contribution is 2.31. The number of hydrogen-bond acceptors (Lipinski definition) is 5. The second kappa shape index (κ2) is 5.54. The molecule has 0 bridgehead atoms. The lowest BCUT2D eigenvalue weighted by molar-refractivity contribution is 0.0959. The van der Waals surface area contributed by atoms with Crippen molar-refractivity contribution in [1.82, 2.24) is 9.97 Å². The van der Waals surface area contributed by atoms with Crippen LogP contribution in [0.15, 0.2) is 36.7 Å². The summed E-state index contributed by atoms with van der Waals surface area (Å²) in [5.41, 5.74) is 0. The van der Waals surface area contributed by atoms with Crippen molar-refractivity contribution in [3.8, 4) is 11.5 Å². The number of para-hydroxylation sites is 2. The van der Waals surface area contributed by atoms with Crippen LogP contribution in [0.5, 0.6) is 11.5 Å². The fourth-order valence-corrected chi connectivity index (χ4v) is 2.21. The molecule has 0 saturated heterocycles. The first-order chi connectivity index (χ1) is 9.72. The standard InChI is InChI=1S/C14H14ClN3O2/c1-18(14-7-16-6-13(15)17-14)8-10-9-19-11-4-2-3-5-12(11)20-10/h2-7,10H,8-9H2,1H3. The van der Waals surface area contributed by atoms with Crippen LogP contribution < -0.4 is 14.4 Å². The van der Waals surface area contributed by atoms with Crippen molar-refractivity contribution in [2.75, 3.05) is 25.1 Å². The van der Waals surface area contributed by atoms with Crippen molar-refractivity contribution in [1.29, 1.82) is 0 Å². The topological polar surface area (TPSA) is 47.5 Å². The van der Waals surface area contributed by atoms with E-state index < -0.39 is 0 Å². The zero-order valence-electron chi connectivity index (χ0n) is 11.0. The van der Waals surface area contributed by atoms with Gasteiger partial charge in [-0.2, -0.15) is 0 Å². The SMILES string of the molecule is CN(CC1COc2ccccc2O1)c1cncc(Cl)n1. The molecule has 2 aromatic rings. The number of ether oxygens (including phenoxy) is 2. The van der Waals surface area contributed by atoms with E-state index in [2.05, 4.69) is 9.97 Å². The predicted octanol–water partition coefficient (Wildman–Crippen LogP) is 2.41. The van der Waals surface area contributed by atoms with Gasteiger partial charge in [0.15, 0.2) is 17.6 Å². The minimum absolute atomic E-state index is 0.0596. The van der Waals surface area contributed by atoms with Crippen LogP contribution >= 0.6 is 11.6 Å². The molecular formula is C14H14ClN3O2. The molecule has 0 amide bonds. The van der Waals surface area contributed by atoms with E-state index in [0.717, 1.165) is 11.5 Å². The fourth-order valence-electron chi connectivity index (χ4n) is 2.07. The molecule has 0 N–H and O–H groups in total. The number of halogens is 1. The quantitative estimate of drug-likeness (QED) is 0.869. The van der Waals surface area contributed by atoms with Crippen LogP contribution in [-0.2, 0) is 0 Å². The minimum atomic E-state index is -0.0596. The lowest BCUT2D eigenvalue weighted by Gasteiger charge is -2.29. The summed E-state index contributed by atoms with van der Waals surface area (Å²) in [5, 5.41) is 0.375. The average molecular weight is 292 g/mol. The van der Waals surface area contributed by atoms with E-state index in [4.69, 9.17) is 21.1 Å². The maximum Gasteiger partial charge on any atom is 0.161 e. The van der Waals surface area contributed by atoms with E-state index in [9.17, 15) is 0 Å². The van der Waals surface area contributed by atoms with Crippen LogP contribution in [0.25, 0.3) is 0 Å². The summed E-state index contributed by atoms with van der Waals surface area (Å²) in [4.78, 5) is 10.2. The van der Waals surface area contributed by atoms with Gasteiger partial charge in [-0.05, 0) is 12.1 Å². The molecule has 1 aliphatic rings. The highest BCUT2D eigenvalue weighted by atomic mass is 35.5. The van der Waals surface area contributed by atoms with Gasteiger partial charge in [-0.1, -0.05) is 23.7 Å². The Morgan fingerprint density at radius 1 is 1.30 bits per heavy atom. The van der Waals surface area contributed by atoms with Gasteiger partial charge >= 0.3 is 0 Å². The van der Waals surface area contributed by atoms with Gasteiger partial charge in [-0.15, -0.1) is 0 Å². The molecule has 1 aromatic heterocycles. The maximum absolute atomic E-state index is 5.91. The van der Waals surface area contributed by atoms with Gasteiger partial charge in [0, 0.05) is 7.05 Å². The molecule has 104 valence electrons. The molecule has 6 heteroatoms. The summed E-state index contributed by atoms with van der Waals surface area (Å²) in [7, 11) is 1.92. The van der Waals surface area contributed by atoms with Gasteiger partial charge in [0.05, 0.1) is 18.9 Å². The number of aromatic nitrogens is 2. The molecule has 0 radical (unpaired) electrons. The summed E-state index contributed by atoms with van der Waals surface area (Å²) in [6, 6.07) is 7.66. The number of likely N-dealkylation sites (N-methyl/N-ethyl adjacent to an activating group) is 1. The summed E-state index contributed by atoms with van der Waals surface area (Å²) in [6.45, 7) is 1.15. The second-order valence-electron chi connectivity index (χ2n) is 4.58. The molecule has 3 rings (SSSR count). The molecule has 0 fully saturated rings. The zero-order valence-corrected chi connectivity index (χ0v) is 11.7. The fraction of sp³-hybridized carbons (Fsp3) is 0.286. The molecule has 20 heavy (non-hydrogen) atoms. The normalized spacial score (nSPS) is 16.8. The van der Waals surface area contributed by atoms with E-state index in [1.165, 1.54) is 6.20 Å². The average Bonchev–Trinajstić information content (AvgIpc) is 2.47. The van der Waals surface area contributed by atoms with Gasteiger partial charge in [0.1, 0.15) is 17.6 Å². The van der Waals surface area contributed by atoms with E-state index >= 15 is 0 Å². The second-order valence-corrected chi connectivity index (χ2v) is 4.97. The molecule has 0 aliphatic carbocycles. The van der Waals surface area contributed by atoms with Crippen LogP contribution in [0.1, 0.15) is 0 Å². The Hall–Kier alpha value is -2.01. The van der Waals surface area contributed by atoms with Gasteiger partial charge < -0.3 is 14.4 Å². The lowest BCUT2D eigenvalue weighted by atomic mass is 10.2. The zero-order chi connectivity index (χ0) is 13.9. The summed E-state index contributed by atoms with van der Waals surface area (Å²) in [6.07, 6.45) is 3.12. The van der Waals surface area contributed by atoms with Crippen molar-refractivity contribution in [3.05, 3.63) is 41.8 Å². The Balaban J connectivity index is 1.67. The van der Waals surface area contributed by atoms with E-state index in [1.807, 2.05) is 36.2 Å². The van der Waals surface area contributed by atoms with E-state index in [1.54, 1.807) is 6.20 Å². The Morgan fingerprint density at radius 2 is 2.10 bits per heavy atom. The first-order valence-corrected chi connectivity index (χ1v) is 6.67. The molecular weight excluding hydrogens is 278 g/mol. The molecule has 0 saturated carbocycles. The van der Waals surface area contributed by atoms with Crippen LogP contribution in [0.3, 0.4) is 0 Å². The Bertz CT molecular complexity index is 608. The number of nitrogens with zero attached hydrogens (tertiary/aromatic N) is 3. The Morgan fingerprint density at radius 3 is 2.90 bits per heavy atom. The molecule has 1 unspecified atom stereocenters. The molecule has 1 aliphatic heterocycles. The summed E-state index contributed by atoms with van der Waals surface area (Å²) < 4.78 is 11.6. The minimum Gasteiger partial charge on any atom is -0.486 e. The summed E-state index contributed by atoms with van der Waals surface area (Å²) >= 11 is 5.84. The van der Waals surface area contributed by atoms with Gasteiger partial charge in [-0.25, -0.2) is 4.98 Å². The van der Waals surface area contributed by atoms with E-state index in [-0.39, 0.29) is 6.10 Å². The smallest absolute Gasteiger partial charge is 0.161 e. The maximum atomic E-state index is 5.91. The number of fused-ring (bicyclic) bond motifs is 1. The van der Waals surface area contributed by atoms with E-state index in [0.29, 0.717) is 24.1 Å². The third-order valence-corrected chi connectivity index (χ3v) is 3.21. The van der Waals surface area contributed by atoms with Crippen molar-refractivity contribution < 1.29 is 9.47 Å². The van der Waals surface area contributed by atoms with Gasteiger partial charge in [0.2, 0.25) is 0 Å². The monoisotopic (exact) mass is 291 g/mol. The summed E-state index contributed by atoms with van der Waals surface area (Å²) in [5.74, 6) is 2.27. The Kier molecular flexibility index (Phi) is 3.60. The van der Waals surface area contributed by atoms with Crippen LogP contribution in [0, 0.1) is 0 Å². The lowest BCUT2D eigenvalue weighted by Crippen LogP contribution is -2.39. The van der Waals surface area contributed by atoms with Crippen LogP contribution in [0.4, 0.5) is 5.82 Å². The van der Waals surface area contributed by atoms with Gasteiger partial charge in [-0.3, -0.25) is 4.98 Å². The number of anilines is 1. The van der Waals surface area contributed by atoms with Gasteiger partial charge in [0.25, 0.3) is 0 Å². The molecule has 0 spiro atoms. The number of hydrogen-bond donors (Lipinski definition) is 0. The molecule has 1 aromatic carbocycles. The van der Waals surface area contributed by atoms with Crippen molar-refractivity contribution in [2.24, 2.45) is 0 Å². The molecule has 1 atom stereocenters. The highest BCUT2D eigenvalue weighted by Gasteiger charge is 2.22. The largest absolute Gasteiger partial charge is 0.486 e. The first-order valence-electron chi connectivity index (χ1n) is 6.29. The third-order valence-electron chi connectivity index (χ3n) is 3.03. The Labute approximate surface area is 122 Å².